The monoisotopic (exact) mass is 213 g/mol. The molecule has 0 radical (unpaired) electrons. The van der Waals surface area contributed by atoms with Crippen LogP contribution in [0.1, 0.15) is 5.56 Å². The second-order valence-electron chi connectivity index (χ2n) is 2.04. The molecule has 0 unspecified atom stereocenters. The summed E-state index contributed by atoms with van der Waals surface area (Å²) in [5.74, 6) is 0. The number of rotatable bonds is 2. The predicted molar refractivity (Wildman–Crippen MR) is 49.9 cm³/mol. The van der Waals surface area contributed by atoms with Crippen molar-refractivity contribution in [2.45, 2.75) is 0 Å². The molecule has 1 N–H and O–H groups in total. The number of hydrogen-bond donors (Lipinski definition) is 1. The maximum atomic E-state index is 10.6. The lowest BCUT2D eigenvalue weighted by Crippen LogP contribution is -2.01. The summed E-state index contributed by atoms with van der Waals surface area (Å²) in [6.07, 6.45) is 5.58. The molecule has 0 amide bonds. The van der Waals surface area contributed by atoms with Gasteiger partial charge in [0.15, 0.2) is 0 Å². The quantitative estimate of drug-likeness (QED) is 0.748. The van der Waals surface area contributed by atoms with Crippen LogP contribution in [-0.4, -0.2) is 10.3 Å². The Morgan fingerprint density at radius 3 is 2.91 bits per heavy atom. The van der Waals surface area contributed by atoms with E-state index < -0.39 is 0 Å². The molecule has 58 valence electrons. The fourth-order valence-electron chi connectivity index (χ4n) is 0.707. The van der Waals surface area contributed by atoms with E-state index in [2.05, 4.69) is 20.9 Å². The van der Waals surface area contributed by atoms with Crippen LogP contribution >= 0.6 is 15.9 Å². The van der Waals surface area contributed by atoms with E-state index in [1.165, 1.54) is 6.07 Å². The van der Waals surface area contributed by atoms with Crippen molar-refractivity contribution in [3.8, 4) is 0 Å². The van der Waals surface area contributed by atoms with Crippen LogP contribution in [0.2, 0.25) is 0 Å². The number of halogens is 1. The number of aromatic amines is 1. The molecule has 0 fully saturated rings. The number of allylic oxidation sites excluding steroid dienone is 1. The Bertz CT molecular complexity index is 283. The standard InChI is InChI=1S/C8H8BrNO/c9-5-1-2-7-3-4-8(11)10-6-7/h1-4,6H,5H2,(H,10,11). The van der Waals surface area contributed by atoms with Gasteiger partial charge in [0.1, 0.15) is 0 Å². The van der Waals surface area contributed by atoms with Gasteiger partial charge in [-0.25, -0.2) is 0 Å². The molecule has 0 aromatic carbocycles. The number of hydrogen-bond acceptors (Lipinski definition) is 1. The Balaban J connectivity index is 2.82. The number of pyridine rings is 1. The zero-order chi connectivity index (χ0) is 8.10. The first-order valence-electron chi connectivity index (χ1n) is 3.24. The number of H-pyrrole nitrogens is 1. The minimum absolute atomic E-state index is 0.0685. The Morgan fingerprint density at radius 1 is 1.55 bits per heavy atom. The fraction of sp³-hybridized carbons (Fsp3) is 0.125. The minimum atomic E-state index is -0.0685. The number of nitrogens with one attached hydrogen (secondary N) is 1. The predicted octanol–water partition coefficient (Wildman–Crippen LogP) is 1.78. The molecule has 0 aliphatic carbocycles. The van der Waals surface area contributed by atoms with E-state index in [9.17, 15) is 4.79 Å². The lowest BCUT2D eigenvalue weighted by atomic mass is 10.3. The van der Waals surface area contributed by atoms with Crippen molar-refractivity contribution in [3.05, 3.63) is 40.3 Å². The van der Waals surface area contributed by atoms with Crippen LogP contribution in [0.3, 0.4) is 0 Å². The molecule has 0 saturated carbocycles. The van der Waals surface area contributed by atoms with Crippen molar-refractivity contribution in [2.24, 2.45) is 0 Å². The van der Waals surface area contributed by atoms with Gasteiger partial charge in [0.2, 0.25) is 5.56 Å². The molecule has 1 rings (SSSR count). The lowest BCUT2D eigenvalue weighted by Gasteiger charge is -1.88. The normalized spacial score (nSPS) is 10.6. The summed E-state index contributed by atoms with van der Waals surface area (Å²) in [5.41, 5.74) is 0.935. The Labute approximate surface area is 73.1 Å². The molecule has 0 aliphatic heterocycles. The van der Waals surface area contributed by atoms with Crippen LogP contribution in [0.25, 0.3) is 6.08 Å². The van der Waals surface area contributed by atoms with Crippen molar-refractivity contribution in [2.75, 3.05) is 5.33 Å². The van der Waals surface area contributed by atoms with Gasteiger partial charge < -0.3 is 4.98 Å². The first kappa shape index (κ1) is 8.27. The van der Waals surface area contributed by atoms with E-state index in [0.29, 0.717) is 0 Å². The Hall–Kier alpha value is -0.830. The summed E-state index contributed by atoms with van der Waals surface area (Å²) in [6.45, 7) is 0. The van der Waals surface area contributed by atoms with Crippen LogP contribution in [0.5, 0.6) is 0 Å². The van der Waals surface area contributed by atoms with Crippen molar-refractivity contribution in [3.63, 3.8) is 0 Å². The van der Waals surface area contributed by atoms with Crippen molar-refractivity contribution < 1.29 is 0 Å². The lowest BCUT2D eigenvalue weighted by molar-refractivity contribution is 1.23. The molecule has 1 aromatic rings. The maximum absolute atomic E-state index is 10.6. The Kier molecular flexibility index (Phi) is 3.11. The first-order chi connectivity index (χ1) is 5.33. The van der Waals surface area contributed by atoms with Gasteiger partial charge in [-0.2, -0.15) is 0 Å². The molecule has 11 heavy (non-hydrogen) atoms. The fourth-order valence-corrected chi connectivity index (χ4v) is 0.894. The molecular weight excluding hydrogens is 206 g/mol. The molecule has 0 saturated heterocycles. The van der Waals surface area contributed by atoms with E-state index in [1.54, 1.807) is 12.3 Å². The van der Waals surface area contributed by atoms with Crippen LogP contribution in [0.15, 0.2) is 29.2 Å². The van der Waals surface area contributed by atoms with Crippen LogP contribution in [0.4, 0.5) is 0 Å². The highest BCUT2D eigenvalue weighted by atomic mass is 79.9. The van der Waals surface area contributed by atoms with Gasteiger partial charge in [0, 0.05) is 17.6 Å². The van der Waals surface area contributed by atoms with Crippen molar-refractivity contribution in [1.82, 2.24) is 4.98 Å². The second-order valence-corrected chi connectivity index (χ2v) is 2.69. The van der Waals surface area contributed by atoms with Crippen LogP contribution in [0, 0.1) is 0 Å². The average molecular weight is 214 g/mol. The summed E-state index contributed by atoms with van der Waals surface area (Å²) in [5, 5.41) is 0.826. The van der Waals surface area contributed by atoms with Crippen molar-refractivity contribution >= 4 is 22.0 Å². The number of aromatic nitrogens is 1. The van der Waals surface area contributed by atoms with Gasteiger partial charge in [-0.1, -0.05) is 28.1 Å². The number of alkyl halides is 1. The zero-order valence-corrected chi connectivity index (χ0v) is 7.47. The summed E-state index contributed by atoms with van der Waals surface area (Å²) in [4.78, 5) is 13.2. The van der Waals surface area contributed by atoms with E-state index >= 15 is 0 Å². The van der Waals surface area contributed by atoms with Gasteiger partial charge in [-0.15, -0.1) is 0 Å². The minimum Gasteiger partial charge on any atom is -0.329 e. The van der Waals surface area contributed by atoms with E-state index in [1.807, 2.05) is 12.2 Å². The van der Waals surface area contributed by atoms with E-state index in [-0.39, 0.29) is 5.56 Å². The van der Waals surface area contributed by atoms with Crippen LogP contribution < -0.4 is 5.56 Å². The highest BCUT2D eigenvalue weighted by molar-refractivity contribution is 9.09. The molecular formula is C8H8BrNO. The molecule has 2 nitrogen and oxygen atoms in total. The molecule has 0 spiro atoms. The van der Waals surface area contributed by atoms with Crippen LogP contribution in [-0.2, 0) is 0 Å². The summed E-state index contributed by atoms with van der Waals surface area (Å²) < 4.78 is 0. The van der Waals surface area contributed by atoms with Gasteiger partial charge in [-0.05, 0) is 11.6 Å². The molecule has 1 heterocycles. The van der Waals surface area contributed by atoms with E-state index in [4.69, 9.17) is 0 Å². The third-order valence-electron chi connectivity index (χ3n) is 1.21. The van der Waals surface area contributed by atoms with Crippen molar-refractivity contribution in [1.29, 1.82) is 0 Å². The SMILES string of the molecule is O=c1ccc(C=CCBr)c[nH]1. The summed E-state index contributed by atoms with van der Waals surface area (Å²) in [7, 11) is 0. The highest BCUT2D eigenvalue weighted by Crippen LogP contribution is 1.96. The third kappa shape index (κ3) is 2.72. The van der Waals surface area contributed by atoms with Gasteiger partial charge in [0.05, 0.1) is 0 Å². The van der Waals surface area contributed by atoms with E-state index in [0.717, 1.165) is 10.9 Å². The molecule has 0 aliphatic rings. The van der Waals surface area contributed by atoms with Gasteiger partial charge >= 0.3 is 0 Å². The van der Waals surface area contributed by atoms with Gasteiger partial charge in [0.25, 0.3) is 0 Å². The molecule has 0 bridgehead atoms. The summed E-state index contributed by atoms with van der Waals surface area (Å²) >= 11 is 3.26. The zero-order valence-electron chi connectivity index (χ0n) is 5.88. The summed E-state index contributed by atoms with van der Waals surface area (Å²) in [6, 6.07) is 3.28. The average Bonchev–Trinajstić information content (AvgIpc) is 2.04. The smallest absolute Gasteiger partial charge is 0.247 e. The second kappa shape index (κ2) is 4.13. The first-order valence-corrected chi connectivity index (χ1v) is 4.36. The maximum Gasteiger partial charge on any atom is 0.247 e. The largest absolute Gasteiger partial charge is 0.329 e. The van der Waals surface area contributed by atoms with Gasteiger partial charge in [-0.3, -0.25) is 4.79 Å². The molecule has 3 heteroatoms. The highest BCUT2D eigenvalue weighted by Gasteiger charge is 1.83. The molecule has 0 atom stereocenters. The Morgan fingerprint density at radius 2 is 2.36 bits per heavy atom. The molecule has 1 aromatic heterocycles. The third-order valence-corrected chi connectivity index (χ3v) is 1.58. The topological polar surface area (TPSA) is 32.9 Å².